The summed E-state index contributed by atoms with van der Waals surface area (Å²) in [7, 11) is 0. The van der Waals surface area contributed by atoms with Crippen molar-refractivity contribution in [3.05, 3.63) is 95.0 Å². The molecule has 0 N–H and O–H groups in total. The van der Waals surface area contributed by atoms with Crippen LogP contribution in [0.5, 0.6) is 0 Å². The topological polar surface area (TPSA) is 46.6 Å². The molecule has 0 saturated heterocycles. The van der Waals surface area contributed by atoms with Crippen molar-refractivity contribution in [2.45, 2.75) is 32.7 Å². The lowest BCUT2D eigenvalue weighted by Gasteiger charge is -2.34. The van der Waals surface area contributed by atoms with Crippen molar-refractivity contribution in [1.82, 2.24) is 4.90 Å². The summed E-state index contributed by atoms with van der Waals surface area (Å²) >= 11 is 0. The molecule has 2 aromatic rings. The second kappa shape index (κ2) is 8.86. The molecule has 0 radical (unpaired) electrons. The Hall–Kier alpha value is -3.21. The summed E-state index contributed by atoms with van der Waals surface area (Å²) in [6.07, 6.45) is 1.66. The minimum atomic E-state index is -0.467. The molecule has 1 atom stereocenters. The second-order valence-corrected chi connectivity index (χ2v) is 7.17. The first-order chi connectivity index (χ1) is 13.9. The van der Waals surface area contributed by atoms with Crippen LogP contribution < -0.4 is 0 Å². The fourth-order valence-corrected chi connectivity index (χ4v) is 3.67. The van der Waals surface area contributed by atoms with Gasteiger partial charge in [0.05, 0.1) is 12.1 Å². The van der Waals surface area contributed by atoms with E-state index < -0.39 is 5.97 Å². The fourth-order valence-electron chi connectivity index (χ4n) is 3.67. The highest BCUT2D eigenvalue weighted by Crippen LogP contribution is 2.38. The summed E-state index contributed by atoms with van der Waals surface area (Å²) in [6, 6.07) is 13.9. The van der Waals surface area contributed by atoms with Crippen LogP contribution >= 0.6 is 0 Å². The van der Waals surface area contributed by atoms with Crippen LogP contribution in [0.25, 0.3) is 0 Å². The first kappa shape index (κ1) is 20.5. The standard InChI is InChI=1S/C24H24FNO3/c1-4-11-29-24(28)23-17(3)26(15-18-8-6-10-20(25)13-18)22(27)14-21(23)19-9-5-7-16(2)12-19/h4-10,12-13,21H,1,11,14-15H2,2-3H3. The summed E-state index contributed by atoms with van der Waals surface area (Å²) < 4.78 is 18.9. The van der Waals surface area contributed by atoms with Gasteiger partial charge in [-0.2, -0.15) is 0 Å². The van der Waals surface area contributed by atoms with Crippen LogP contribution in [0.3, 0.4) is 0 Å². The van der Waals surface area contributed by atoms with Crippen LogP contribution in [0, 0.1) is 12.7 Å². The van der Waals surface area contributed by atoms with Gasteiger partial charge in [-0.25, -0.2) is 9.18 Å². The molecule has 1 unspecified atom stereocenters. The van der Waals surface area contributed by atoms with Crippen molar-refractivity contribution < 1.29 is 18.7 Å². The maximum atomic E-state index is 13.6. The van der Waals surface area contributed by atoms with Gasteiger partial charge in [-0.05, 0) is 37.1 Å². The molecule has 0 aromatic heterocycles. The number of rotatable bonds is 6. The lowest BCUT2D eigenvalue weighted by atomic mass is 9.83. The Bertz CT molecular complexity index is 980. The molecule has 0 saturated carbocycles. The summed E-state index contributed by atoms with van der Waals surface area (Å²) in [5.41, 5.74) is 3.59. The third-order valence-corrected chi connectivity index (χ3v) is 5.05. The van der Waals surface area contributed by atoms with Gasteiger partial charge in [0.2, 0.25) is 5.91 Å². The zero-order valence-electron chi connectivity index (χ0n) is 16.7. The van der Waals surface area contributed by atoms with Gasteiger partial charge in [-0.15, -0.1) is 0 Å². The predicted molar refractivity (Wildman–Crippen MR) is 109 cm³/mol. The van der Waals surface area contributed by atoms with Gasteiger partial charge in [-0.1, -0.05) is 54.6 Å². The Morgan fingerprint density at radius 2 is 2.00 bits per heavy atom. The first-order valence-corrected chi connectivity index (χ1v) is 9.51. The molecule has 0 fully saturated rings. The van der Waals surface area contributed by atoms with E-state index in [4.69, 9.17) is 4.74 Å². The van der Waals surface area contributed by atoms with Gasteiger partial charge >= 0.3 is 5.97 Å². The van der Waals surface area contributed by atoms with E-state index in [0.717, 1.165) is 11.1 Å². The maximum absolute atomic E-state index is 13.6. The van der Waals surface area contributed by atoms with Crippen LogP contribution in [0.1, 0.15) is 36.0 Å². The zero-order valence-corrected chi connectivity index (χ0v) is 16.7. The number of hydrogen-bond donors (Lipinski definition) is 0. The molecule has 0 aliphatic carbocycles. The molecule has 150 valence electrons. The van der Waals surface area contributed by atoms with E-state index in [1.54, 1.807) is 19.1 Å². The highest BCUT2D eigenvalue weighted by atomic mass is 19.1. The SMILES string of the molecule is C=CCOC(=O)C1=C(C)N(Cc2cccc(F)c2)C(=O)CC1c1cccc(C)c1. The van der Waals surface area contributed by atoms with Crippen LogP contribution in [0.2, 0.25) is 0 Å². The molecule has 4 nitrogen and oxygen atoms in total. The average Bonchev–Trinajstić information content (AvgIpc) is 2.69. The first-order valence-electron chi connectivity index (χ1n) is 9.51. The van der Waals surface area contributed by atoms with E-state index in [1.807, 2.05) is 31.2 Å². The molecule has 0 bridgehead atoms. The molecule has 0 spiro atoms. The highest BCUT2D eigenvalue weighted by molar-refractivity contribution is 5.95. The minimum Gasteiger partial charge on any atom is -0.458 e. The third kappa shape index (κ3) is 4.62. The molecule has 29 heavy (non-hydrogen) atoms. The molecule has 1 aliphatic rings. The Labute approximate surface area is 170 Å². The number of ether oxygens (including phenoxy) is 1. The Balaban J connectivity index is 2.03. The summed E-state index contributed by atoms with van der Waals surface area (Å²) in [4.78, 5) is 27.4. The third-order valence-electron chi connectivity index (χ3n) is 5.05. The highest BCUT2D eigenvalue weighted by Gasteiger charge is 2.36. The smallest absolute Gasteiger partial charge is 0.336 e. The molecular weight excluding hydrogens is 369 g/mol. The number of carbonyl (C=O) groups excluding carboxylic acids is 2. The number of carbonyl (C=O) groups is 2. The molecular formula is C24H24FNO3. The monoisotopic (exact) mass is 393 g/mol. The number of hydrogen-bond acceptors (Lipinski definition) is 3. The van der Waals surface area contributed by atoms with Gasteiger partial charge in [0, 0.05) is 18.0 Å². The zero-order chi connectivity index (χ0) is 21.0. The normalized spacial score (nSPS) is 16.7. The lowest BCUT2D eigenvalue weighted by Crippen LogP contribution is -2.38. The molecule has 1 amide bonds. The number of esters is 1. The summed E-state index contributed by atoms with van der Waals surface area (Å²) in [5.74, 6) is -1.33. The van der Waals surface area contributed by atoms with Crippen LogP contribution in [0.4, 0.5) is 4.39 Å². The summed E-state index contributed by atoms with van der Waals surface area (Å²) in [5, 5.41) is 0. The van der Waals surface area contributed by atoms with Crippen molar-refractivity contribution in [3.8, 4) is 0 Å². The molecule has 1 heterocycles. The Kier molecular flexibility index (Phi) is 6.27. The number of halogens is 1. The van der Waals surface area contributed by atoms with Crippen molar-refractivity contribution in [2.75, 3.05) is 6.61 Å². The van der Waals surface area contributed by atoms with E-state index in [-0.39, 0.29) is 37.2 Å². The van der Waals surface area contributed by atoms with E-state index in [1.165, 1.54) is 23.1 Å². The fraction of sp³-hybridized carbons (Fsp3) is 0.250. The van der Waals surface area contributed by atoms with Gasteiger partial charge in [-0.3, -0.25) is 4.79 Å². The van der Waals surface area contributed by atoms with Crippen molar-refractivity contribution in [2.24, 2.45) is 0 Å². The number of nitrogens with zero attached hydrogens (tertiary/aromatic N) is 1. The molecule has 3 rings (SSSR count). The Morgan fingerprint density at radius 1 is 1.24 bits per heavy atom. The molecule has 5 heteroatoms. The van der Waals surface area contributed by atoms with Crippen LogP contribution in [-0.2, 0) is 20.9 Å². The maximum Gasteiger partial charge on any atom is 0.336 e. The van der Waals surface area contributed by atoms with Crippen molar-refractivity contribution in [3.63, 3.8) is 0 Å². The molecule has 2 aromatic carbocycles. The van der Waals surface area contributed by atoms with Crippen LogP contribution in [0.15, 0.2) is 72.5 Å². The lowest BCUT2D eigenvalue weighted by molar-refractivity contribution is -0.139. The van der Waals surface area contributed by atoms with E-state index in [2.05, 4.69) is 6.58 Å². The minimum absolute atomic E-state index is 0.0913. The number of benzene rings is 2. The van der Waals surface area contributed by atoms with Gasteiger partial charge in [0.25, 0.3) is 0 Å². The summed E-state index contributed by atoms with van der Waals surface area (Å²) in [6.45, 7) is 7.58. The van der Waals surface area contributed by atoms with Gasteiger partial charge < -0.3 is 9.64 Å². The second-order valence-electron chi connectivity index (χ2n) is 7.17. The van der Waals surface area contributed by atoms with Crippen molar-refractivity contribution in [1.29, 1.82) is 0 Å². The number of amides is 1. The number of allylic oxidation sites excluding steroid dienone is 1. The predicted octanol–water partition coefficient (Wildman–Crippen LogP) is 4.65. The van der Waals surface area contributed by atoms with Gasteiger partial charge in [0.15, 0.2) is 0 Å². The van der Waals surface area contributed by atoms with Gasteiger partial charge in [0.1, 0.15) is 12.4 Å². The van der Waals surface area contributed by atoms with E-state index >= 15 is 0 Å². The number of aryl methyl sites for hydroxylation is 1. The van der Waals surface area contributed by atoms with Crippen molar-refractivity contribution >= 4 is 11.9 Å². The molecule has 1 aliphatic heterocycles. The Morgan fingerprint density at radius 3 is 2.69 bits per heavy atom. The van der Waals surface area contributed by atoms with E-state index in [9.17, 15) is 14.0 Å². The van der Waals surface area contributed by atoms with Crippen LogP contribution in [-0.4, -0.2) is 23.4 Å². The quantitative estimate of drug-likeness (QED) is 0.530. The average molecular weight is 393 g/mol. The largest absolute Gasteiger partial charge is 0.458 e. The van der Waals surface area contributed by atoms with E-state index in [0.29, 0.717) is 16.8 Å².